The normalized spacial score (nSPS) is 22.8. The van der Waals surface area contributed by atoms with E-state index in [1.165, 1.54) is 5.56 Å². The van der Waals surface area contributed by atoms with Gasteiger partial charge < -0.3 is 15.1 Å². The first-order valence-corrected chi connectivity index (χ1v) is 8.01. The lowest BCUT2D eigenvalue weighted by molar-refractivity contribution is 0.214. The highest BCUT2D eigenvalue weighted by molar-refractivity contribution is 5.94. The van der Waals surface area contributed by atoms with Crippen molar-refractivity contribution in [1.82, 2.24) is 4.90 Å². The summed E-state index contributed by atoms with van der Waals surface area (Å²) in [5.74, 6) is 0.623. The van der Waals surface area contributed by atoms with Gasteiger partial charge in [-0.2, -0.15) is 0 Å². The molecule has 0 radical (unpaired) electrons. The second-order valence-electron chi connectivity index (χ2n) is 6.00. The van der Waals surface area contributed by atoms with E-state index in [0.717, 1.165) is 17.9 Å². The van der Waals surface area contributed by atoms with Crippen LogP contribution in [0.4, 0.5) is 0 Å². The molecule has 0 aliphatic carbocycles. The number of rotatable bonds is 5. The Kier molecular flexibility index (Phi) is 5.13. The average molecular weight is 326 g/mol. The summed E-state index contributed by atoms with van der Waals surface area (Å²) in [5, 5.41) is 22.7. The average Bonchev–Trinajstić information content (AvgIpc) is 3.00. The molecule has 0 bridgehead atoms. The molecule has 3 rings (SSSR count). The first-order chi connectivity index (χ1) is 11.8. The Labute approximate surface area is 141 Å². The minimum Gasteiger partial charge on any atom is -0.497 e. The van der Waals surface area contributed by atoms with E-state index in [2.05, 4.69) is 22.2 Å². The van der Waals surface area contributed by atoms with Crippen LogP contribution in [0.3, 0.4) is 0 Å². The van der Waals surface area contributed by atoms with Crippen LogP contribution in [0.5, 0.6) is 5.75 Å². The Morgan fingerprint density at radius 3 is 2.42 bits per heavy atom. The van der Waals surface area contributed by atoms with Gasteiger partial charge in [0.05, 0.1) is 25.5 Å². The number of ether oxygens (including phenoxy) is 1. The van der Waals surface area contributed by atoms with Gasteiger partial charge in [-0.05, 0) is 23.3 Å². The molecule has 2 aromatic rings. The fourth-order valence-corrected chi connectivity index (χ4v) is 3.32. The van der Waals surface area contributed by atoms with Crippen LogP contribution in [0.2, 0.25) is 0 Å². The largest absolute Gasteiger partial charge is 0.497 e. The van der Waals surface area contributed by atoms with E-state index in [4.69, 9.17) is 4.74 Å². The zero-order chi connectivity index (χ0) is 16.9. The number of nitrogens with zero attached hydrogens (tertiary/aromatic N) is 2. The van der Waals surface area contributed by atoms with Gasteiger partial charge in [-0.25, -0.2) is 0 Å². The summed E-state index contributed by atoms with van der Waals surface area (Å²) in [6.07, 6.45) is 0. The van der Waals surface area contributed by atoms with Crippen LogP contribution >= 0.6 is 0 Å². The highest BCUT2D eigenvalue weighted by atomic mass is 16.5. The molecule has 1 aliphatic heterocycles. The summed E-state index contributed by atoms with van der Waals surface area (Å²) < 4.78 is 5.22. The standard InChI is InChI=1S/C19H22N2O3/c1-24-17-9-7-15(8-10-17)19-18(20-23)16(13-22)12-21(19)11-14-5-3-2-4-6-14/h2-10,16,19,22-23H,11-13H2,1H3/b20-18+/t16-,19-/m0/s1. The molecule has 24 heavy (non-hydrogen) atoms. The minimum absolute atomic E-state index is 0.0304. The number of oxime groups is 1. The number of hydrogen-bond acceptors (Lipinski definition) is 5. The predicted octanol–water partition coefficient (Wildman–Crippen LogP) is 2.69. The maximum absolute atomic E-state index is 9.66. The predicted molar refractivity (Wildman–Crippen MR) is 92.4 cm³/mol. The van der Waals surface area contributed by atoms with Gasteiger partial charge in [0.15, 0.2) is 0 Å². The number of benzene rings is 2. The molecular weight excluding hydrogens is 304 g/mol. The van der Waals surface area contributed by atoms with Crippen molar-refractivity contribution in [2.24, 2.45) is 11.1 Å². The molecule has 0 amide bonds. The van der Waals surface area contributed by atoms with E-state index >= 15 is 0 Å². The van der Waals surface area contributed by atoms with Crippen molar-refractivity contribution in [3.8, 4) is 5.75 Å². The van der Waals surface area contributed by atoms with Gasteiger partial charge in [-0.3, -0.25) is 4.90 Å². The van der Waals surface area contributed by atoms with Gasteiger partial charge >= 0.3 is 0 Å². The van der Waals surface area contributed by atoms with E-state index in [-0.39, 0.29) is 18.6 Å². The quantitative estimate of drug-likeness (QED) is 0.655. The third-order valence-corrected chi connectivity index (χ3v) is 4.51. The molecule has 2 atom stereocenters. The van der Waals surface area contributed by atoms with Gasteiger partial charge in [0.2, 0.25) is 0 Å². The summed E-state index contributed by atoms with van der Waals surface area (Å²) in [6, 6.07) is 17.8. The number of methoxy groups -OCH3 is 1. The Bertz CT molecular complexity index is 686. The van der Waals surface area contributed by atoms with Crippen LogP contribution in [0.25, 0.3) is 0 Å². The number of hydrogen-bond donors (Lipinski definition) is 2. The van der Waals surface area contributed by atoms with Gasteiger partial charge in [-0.15, -0.1) is 0 Å². The molecule has 5 heteroatoms. The van der Waals surface area contributed by atoms with E-state index in [0.29, 0.717) is 12.3 Å². The van der Waals surface area contributed by atoms with E-state index < -0.39 is 0 Å². The number of likely N-dealkylation sites (tertiary alicyclic amines) is 1. The minimum atomic E-state index is -0.161. The summed E-state index contributed by atoms with van der Waals surface area (Å²) in [5.41, 5.74) is 2.82. The van der Waals surface area contributed by atoms with Crippen LogP contribution in [0, 0.1) is 5.92 Å². The topological polar surface area (TPSA) is 65.3 Å². The molecule has 1 fully saturated rings. The van der Waals surface area contributed by atoms with Crippen LogP contribution in [0.15, 0.2) is 59.8 Å². The van der Waals surface area contributed by atoms with Crippen molar-refractivity contribution in [3.05, 3.63) is 65.7 Å². The van der Waals surface area contributed by atoms with Crippen LogP contribution in [-0.4, -0.2) is 41.2 Å². The Balaban J connectivity index is 1.92. The zero-order valence-corrected chi connectivity index (χ0v) is 13.7. The molecule has 126 valence electrons. The van der Waals surface area contributed by atoms with E-state index in [9.17, 15) is 10.3 Å². The summed E-state index contributed by atoms with van der Waals surface area (Å²) >= 11 is 0. The first-order valence-electron chi connectivity index (χ1n) is 8.01. The molecular formula is C19H22N2O3. The maximum atomic E-state index is 9.66. The molecule has 2 aromatic carbocycles. The highest BCUT2D eigenvalue weighted by Gasteiger charge is 2.39. The van der Waals surface area contributed by atoms with Crippen molar-refractivity contribution < 1.29 is 15.1 Å². The van der Waals surface area contributed by atoms with E-state index in [1.54, 1.807) is 7.11 Å². The molecule has 0 spiro atoms. The molecule has 1 heterocycles. The second kappa shape index (κ2) is 7.47. The number of aliphatic hydroxyl groups excluding tert-OH is 1. The summed E-state index contributed by atoms with van der Waals surface area (Å²) in [7, 11) is 1.63. The third-order valence-electron chi connectivity index (χ3n) is 4.51. The lowest BCUT2D eigenvalue weighted by atomic mass is 9.97. The molecule has 2 N–H and O–H groups in total. The van der Waals surface area contributed by atoms with Crippen LogP contribution in [0.1, 0.15) is 17.2 Å². The summed E-state index contributed by atoms with van der Waals surface area (Å²) in [4.78, 5) is 2.23. The molecule has 0 saturated carbocycles. The monoisotopic (exact) mass is 326 g/mol. The van der Waals surface area contributed by atoms with Gasteiger partial charge in [0.1, 0.15) is 5.75 Å². The Morgan fingerprint density at radius 2 is 1.83 bits per heavy atom. The van der Waals surface area contributed by atoms with Crippen LogP contribution in [-0.2, 0) is 6.54 Å². The maximum Gasteiger partial charge on any atom is 0.118 e. The van der Waals surface area contributed by atoms with Crippen molar-refractivity contribution in [2.75, 3.05) is 20.3 Å². The Morgan fingerprint density at radius 1 is 1.12 bits per heavy atom. The smallest absolute Gasteiger partial charge is 0.118 e. The molecule has 0 unspecified atom stereocenters. The van der Waals surface area contributed by atoms with Crippen LogP contribution < -0.4 is 4.74 Å². The van der Waals surface area contributed by atoms with Crippen molar-refractivity contribution in [1.29, 1.82) is 0 Å². The first kappa shape index (κ1) is 16.5. The summed E-state index contributed by atoms with van der Waals surface area (Å²) in [6.45, 7) is 1.35. The van der Waals surface area contributed by atoms with Crippen molar-refractivity contribution in [3.63, 3.8) is 0 Å². The van der Waals surface area contributed by atoms with Gasteiger partial charge in [0, 0.05) is 19.0 Å². The van der Waals surface area contributed by atoms with Crippen molar-refractivity contribution >= 4 is 5.71 Å². The molecule has 0 aromatic heterocycles. The SMILES string of the molecule is COc1ccc([C@H]2/C(=N/O)[C@H](CO)CN2Cc2ccccc2)cc1. The fourth-order valence-electron chi connectivity index (χ4n) is 3.32. The third kappa shape index (κ3) is 3.27. The lowest BCUT2D eigenvalue weighted by Crippen LogP contribution is -2.25. The van der Waals surface area contributed by atoms with Crippen molar-refractivity contribution in [2.45, 2.75) is 12.6 Å². The Hall–Kier alpha value is -2.37. The molecule has 1 aliphatic rings. The van der Waals surface area contributed by atoms with E-state index in [1.807, 2.05) is 42.5 Å². The van der Waals surface area contributed by atoms with Gasteiger partial charge in [0.25, 0.3) is 0 Å². The number of aliphatic hydroxyl groups is 1. The highest BCUT2D eigenvalue weighted by Crippen LogP contribution is 2.35. The molecule has 1 saturated heterocycles. The second-order valence-corrected chi connectivity index (χ2v) is 6.00. The molecule has 5 nitrogen and oxygen atoms in total. The van der Waals surface area contributed by atoms with Gasteiger partial charge in [-0.1, -0.05) is 47.6 Å². The fraction of sp³-hybridized carbons (Fsp3) is 0.316. The zero-order valence-electron chi connectivity index (χ0n) is 13.7. The lowest BCUT2D eigenvalue weighted by Gasteiger charge is -2.24.